The van der Waals surface area contributed by atoms with Crippen LogP contribution in [0.4, 0.5) is 0 Å². The molecule has 3 rings (SSSR count). The first-order chi connectivity index (χ1) is 11.8. The van der Waals surface area contributed by atoms with Gasteiger partial charge in [-0.25, -0.2) is 0 Å². The van der Waals surface area contributed by atoms with Gasteiger partial charge in [-0.15, -0.1) is 0 Å². The third-order valence-corrected chi connectivity index (χ3v) is 6.11. The molecule has 0 spiro atoms. The molecule has 3 N–H and O–H groups in total. The summed E-state index contributed by atoms with van der Waals surface area (Å²) in [6.45, 7) is 5.29. The molecule has 2 heterocycles. The summed E-state index contributed by atoms with van der Waals surface area (Å²) in [7, 11) is 0. The van der Waals surface area contributed by atoms with Gasteiger partial charge in [0, 0.05) is 25.4 Å². The second-order valence-corrected chi connectivity index (χ2v) is 7.60. The number of nitrogens with zero attached hydrogens (tertiary/aromatic N) is 2. The fourth-order valence-corrected chi connectivity index (χ4v) is 4.84. The lowest BCUT2D eigenvalue weighted by Gasteiger charge is -2.42. The van der Waals surface area contributed by atoms with E-state index in [1.165, 1.54) is 17.7 Å². The average molecular weight is 349 g/mol. The molecule has 2 aliphatic rings. The number of benzene rings is 1. The normalized spacial score (nSPS) is 25.8. The van der Waals surface area contributed by atoms with Crippen LogP contribution in [-0.4, -0.2) is 67.3 Å². The van der Waals surface area contributed by atoms with Gasteiger partial charge >= 0.3 is 0 Å². The summed E-state index contributed by atoms with van der Waals surface area (Å²) in [5.41, 5.74) is 7.57. The van der Waals surface area contributed by atoms with Crippen LogP contribution in [-0.2, 0) is 11.2 Å². The quantitative estimate of drug-likeness (QED) is 0.600. The van der Waals surface area contributed by atoms with E-state index in [-0.39, 0.29) is 5.54 Å². The molecule has 2 fully saturated rings. The standard InChI is InChI=1S/C18H28N4OS/c19-17(20-8-6-16-4-2-1-3-5-16)21-14-18(7-13-24-15-18)22-9-11-23-12-10-22/h1-5H,6-15H2,(H3,19,20,21). The van der Waals surface area contributed by atoms with Gasteiger partial charge in [-0.3, -0.25) is 9.89 Å². The molecule has 2 aliphatic heterocycles. The Morgan fingerprint density at radius 2 is 2.08 bits per heavy atom. The molecule has 24 heavy (non-hydrogen) atoms. The highest BCUT2D eigenvalue weighted by Gasteiger charge is 2.40. The van der Waals surface area contributed by atoms with E-state index in [2.05, 4.69) is 39.5 Å². The van der Waals surface area contributed by atoms with Crippen LogP contribution < -0.4 is 11.1 Å². The molecule has 0 radical (unpaired) electrons. The van der Waals surface area contributed by atoms with Crippen LogP contribution in [0.5, 0.6) is 0 Å². The Morgan fingerprint density at radius 1 is 1.29 bits per heavy atom. The van der Waals surface area contributed by atoms with Crippen LogP contribution in [0.15, 0.2) is 35.3 Å². The summed E-state index contributed by atoms with van der Waals surface area (Å²) >= 11 is 2.03. The zero-order valence-electron chi connectivity index (χ0n) is 14.2. The van der Waals surface area contributed by atoms with Crippen molar-refractivity contribution in [2.45, 2.75) is 18.4 Å². The fraction of sp³-hybridized carbons (Fsp3) is 0.611. The number of guanidine groups is 1. The Labute approximate surface area is 149 Å². The summed E-state index contributed by atoms with van der Waals surface area (Å²) < 4.78 is 5.50. The Balaban J connectivity index is 1.50. The molecule has 0 amide bonds. The second kappa shape index (κ2) is 8.74. The lowest BCUT2D eigenvalue weighted by molar-refractivity contribution is -0.0104. The van der Waals surface area contributed by atoms with E-state index in [4.69, 9.17) is 10.5 Å². The van der Waals surface area contributed by atoms with Crippen LogP contribution in [0.25, 0.3) is 0 Å². The summed E-state index contributed by atoms with van der Waals surface area (Å²) in [5, 5.41) is 3.25. The number of nitrogens with two attached hydrogens (primary N) is 1. The number of hydrogen-bond donors (Lipinski definition) is 2. The lowest BCUT2D eigenvalue weighted by Crippen LogP contribution is -2.56. The molecule has 0 aromatic heterocycles. The Hall–Kier alpha value is -1.24. The third-order valence-electron chi connectivity index (χ3n) is 4.87. The minimum absolute atomic E-state index is 0.167. The van der Waals surface area contributed by atoms with Crippen molar-refractivity contribution in [2.75, 3.05) is 50.9 Å². The maximum Gasteiger partial charge on any atom is 0.188 e. The maximum absolute atomic E-state index is 6.09. The van der Waals surface area contributed by atoms with Crippen molar-refractivity contribution >= 4 is 17.7 Å². The van der Waals surface area contributed by atoms with Crippen LogP contribution >= 0.6 is 11.8 Å². The molecule has 2 saturated heterocycles. The van der Waals surface area contributed by atoms with E-state index in [9.17, 15) is 0 Å². The Morgan fingerprint density at radius 3 is 2.79 bits per heavy atom. The molecule has 1 aromatic carbocycles. The van der Waals surface area contributed by atoms with Gasteiger partial charge in [0.1, 0.15) is 0 Å². The first-order valence-electron chi connectivity index (χ1n) is 8.77. The smallest absolute Gasteiger partial charge is 0.188 e. The van der Waals surface area contributed by atoms with E-state index in [1.807, 2.05) is 17.8 Å². The highest BCUT2D eigenvalue weighted by Crippen LogP contribution is 2.34. The van der Waals surface area contributed by atoms with Gasteiger partial charge < -0.3 is 15.8 Å². The first-order valence-corrected chi connectivity index (χ1v) is 9.92. The molecular formula is C18H28N4OS. The number of rotatable bonds is 6. The number of hydrogen-bond acceptors (Lipinski definition) is 4. The summed E-state index contributed by atoms with van der Waals surface area (Å²) in [6.07, 6.45) is 2.15. The summed E-state index contributed by atoms with van der Waals surface area (Å²) in [6, 6.07) is 10.4. The van der Waals surface area contributed by atoms with E-state index < -0.39 is 0 Å². The molecule has 1 aromatic rings. The highest BCUT2D eigenvalue weighted by molar-refractivity contribution is 7.99. The molecule has 0 aliphatic carbocycles. The molecule has 0 saturated carbocycles. The molecular weight excluding hydrogens is 320 g/mol. The summed E-state index contributed by atoms with van der Waals surface area (Å²) in [5.74, 6) is 2.93. The minimum Gasteiger partial charge on any atom is -0.379 e. The van der Waals surface area contributed by atoms with Gasteiger partial charge in [-0.2, -0.15) is 11.8 Å². The van der Waals surface area contributed by atoms with E-state index in [1.54, 1.807) is 0 Å². The van der Waals surface area contributed by atoms with Gasteiger partial charge in [0.05, 0.1) is 25.3 Å². The van der Waals surface area contributed by atoms with Gasteiger partial charge in [0.2, 0.25) is 0 Å². The number of thioether (sulfide) groups is 1. The van der Waals surface area contributed by atoms with Gasteiger partial charge in [-0.1, -0.05) is 30.3 Å². The first kappa shape index (κ1) is 17.6. The number of morpholine rings is 1. The van der Waals surface area contributed by atoms with Crippen LogP contribution in [0.3, 0.4) is 0 Å². The van der Waals surface area contributed by atoms with Crippen molar-refractivity contribution in [3.05, 3.63) is 35.9 Å². The third kappa shape index (κ3) is 4.65. The predicted molar refractivity (Wildman–Crippen MR) is 102 cm³/mol. The van der Waals surface area contributed by atoms with Gasteiger partial charge in [0.25, 0.3) is 0 Å². The van der Waals surface area contributed by atoms with Crippen molar-refractivity contribution in [1.29, 1.82) is 0 Å². The topological polar surface area (TPSA) is 62.9 Å². The van der Waals surface area contributed by atoms with Gasteiger partial charge in [-0.05, 0) is 24.2 Å². The van der Waals surface area contributed by atoms with Crippen molar-refractivity contribution in [3.63, 3.8) is 0 Å². The van der Waals surface area contributed by atoms with Crippen molar-refractivity contribution in [1.82, 2.24) is 10.2 Å². The van der Waals surface area contributed by atoms with Crippen molar-refractivity contribution in [3.8, 4) is 0 Å². The lowest BCUT2D eigenvalue weighted by atomic mass is 9.96. The molecule has 1 unspecified atom stereocenters. The average Bonchev–Trinajstić information content (AvgIpc) is 3.12. The number of nitrogens with one attached hydrogen (secondary N) is 1. The number of aliphatic imine (C=N–C) groups is 1. The fourth-order valence-electron chi connectivity index (χ4n) is 3.38. The predicted octanol–water partition coefficient (Wildman–Crippen LogP) is 1.34. The summed E-state index contributed by atoms with van der Waals surface area (Å²) in [4.78, 5) is 7.24. The molecule has 1 atom stereocenters. The van der Waals surface area contributed by atoms with Crippen LogP contribution in [0.2, 0.25) is 0 Å². The van der Waals surface area contributed by atoms with Crippen molar-refractivity contribution in [2.24, 2.45) is 10.7 Å². The van der Waals surface area contributed by atoms with E-state index in [0.717, 1.165) is 51.6 Å². The van der Waals surface area contributed by atoms with E-state index in [0.29, 0.717) is 5.96 Å². The minimum atomic E-state index is 0.167. The highest BCUT2D eigenvalue weighted by atomic mass is 32.2. The van der Waals surface area contributed by atoms with Crippen LogP contribution in [0.1, 0.15) is 12.0 Å². The monoisotopic (exact) mass is 348 g/mol. The zero-order valence-corrected chi connectivity index (χ0v) is 15.1. The number of ether oxygens (including phenoxy) is 1. The van der Waals surface area contributed by atoms with Crippen LogP contribution in [0, 0.1) is 0 Å². The molecule has 0 bridgehead atoms. The van der Waals surface area contributed by atoms with Gasteiger partial charge in [0.15, 0.2) is 5.96 Å². The Bertz CT molecular complexity index is 525. The van der Waals surface area contributed by atoms with E-state index >= 15 is 0 Å². The zero-order chi connectivity index (χ0) is 16.7. The largest absolute Gasteiger partial charge is 0.379 e. The van der Waals surface area contributed by atoms with Crippen molar-refractivity contribution < 1.29 is 4.74 Å². The molecule has 5 nitrogen and oxygen atoms in total. The second-order valence-electron chi connectivity index (χ2n) is 6.49. The molecule has 132 valence electrons. The SMILES string of the molecule is NC(=NCC1(N2CCOCC2)CCSC1)NCCc1ccccc1. The molecule has 6 heteroatoms. The maximum atomic E-state index is 6.09. The Kier molecular flexibility index (Phi) is 6.40.